The molecule has 1 saturated carbocycles. The number of methoxy groups -OCH3 is 1. The van der Waals surface area contributed by atoms with Gasteiger partial charge in [-0.25, -0.2) is 0 Å². The molecule has 2 rings (SSSR count). The summed E-state index contributed by atoms with van der Waals surface area (Å²) in [6.45, 7) is 4.48. The van der Waals surface area contributed by atoms with Crippen LogP contribution in [0.3, 0.4) is 0 Å². The molecule has 2 aliphatic rings. The van der Waals surface area contributed by atoms with Gasteiger partial charge >= 0.3 is 0 Å². The van der Waals surface area contributed by atoms with Crippen LogP contribution in [0.1, 0.15) is 33.1 Å². The highest BCUT2D eigenvalue weighted by molar-refractivity contribution is 14.1. The molecule has 0 spiro atoms. The maximum absolute atomic E-state index is 9.49. The van der Waals surface area contributed by atoms with Gasteiger partial charge in [0.05, 0.1) is 12.7 Å². The summed E-state index contributed by atoms with van der Waals surface area (Å²) in [4.78, 5) is 0. The number of aliphatic hydroxyl groups excluding tert-OH is 1. The second kappa shape index (κ2) is 4.79. The molecule has 4 heteroatoms. The van der Waals surface area contributed by atoms with Crippen molar-refractivity contribution in [1.29, 1.82) is 0 Å². The molecular formula is C13H21IO3. The summed E-state index contributed by atoms with van der Waals surface area (Å²) < 4.78 is 12.8. The van der Waals surface area contributed by atoms with Gasteiger partial charge in [-0.2, -0.15) is 0 Å². The molecule has 98 valence electrons. The molecule has 0 aromatic carbocycles. The van der Waals surface area contributed by atoms with Gasteiger partial charge in [0.1, 0.15) is 0 Å². The molecule has 2 bridgehead atoms. The van der Waals surface area contributed by atoms with E-state index in [1.54, 1.807) is 7.11 Å². The van der Waals surface area contributed by atoms with Crippen LogP contribution in [0.2, 0.25) is 0 Å². The summed E-state index contributed by atoms with van der Waals surface area (Å²) in [5.41, 5.74) is 0.122. The number of halogens is 1. The van der Waals surface area contributed by atoms with E-state index in [1.807, 2.05) is 0 Å². The summed E-state index contributed by atoms with van der Waals surface area (Å²) in [6, 6.07) is 0. The van der Waals surface area contributed by atoms with Crippen molar-refractivity contribution in [2.24, 2.45) is 11.3 Å². The van der Waals surface area contributed by atoms with Crippen LogP contribution in [-0.2, 0) is 9.47 Å². The second-order valence-corrected chi connectivity index (χ2v) is 7.20. The van der Waals surface area contributed by atoms with Gasteiger partial charge in [-0.05, 0) is 44.9 Å². The Kier molecular flexibility index (Phi) is 3.88. The zero-order valence-electron chi connectivity index (χ0n) is 10.7. The minimum Gasteiger partial charge on any atom is -0.394 e. The first kappa shape index (κ1) is 13.8. The van der Waals surface area contributed by atoms with Gasteiger partial charge < -0.3 is 14.6 Å². The topological polar surface area (TPSA) is 38.7 Å². The summed E-state index contributed by atoms with van der Waals surface area (Å²) in [7, 11) is 1.71. The summed E-state index contributed by atoms with van der Waals surface area (Å²) >= 11 is 2.35. The number of hydrogen-bond acceptors (Lipinski definition) is 3. The van der Waals surface area contributed by atoms with Crippen molar-refractivity contribution in [3.05, 3.63) is 9.66 Å². The molecule has 0 amide bonds. The van der Waals surface area contributed by atoms with Crippen LogP contribution in [0.25, 0.3) is 0 Å². The van der Waals surface area contributed by atoms with Gasteiger partial charge in [0.15, 0.2) is 5.79 Å². The predicted octanol–water partition coefficient (Wildman–Crippen LogP) is 2.87. The van der Waals surface area contributed by atoms with Crippen LogP contribution in [0.5, 0.6) is 0 Å². The largest absolute Gasteiger partial charge is 0.394 e. The van der Waals surface area contributed by atoms with E-state index in [0.29, 0.717) is 5.92 Å². The fraction of sp³-hybridized carbons (Fsp3) is 0.846. The van der Waals surface area contributed by atoms with E-state index in [4.69, 9.17) is 9.47 Å². The van der Waals surface area contributed by atoms with E-state index in [-0.39, 0.29) is 18.1 Å². The third-order valence-electron chi connectivity index (χ3n) is 4.32. The first-order chi connectivity index (χ1) is 7.95. The van der Waals surface area contributed by atoms with E-state index in [9.17, 15) is 5.11 Å². The standard InChI is InChI=1S/C13H21IO3/c1-9(14)6-12(2)4-5-13(16-3)7-10(12)11(8-15)17-13/h6,10-11,15H,4-5,7-8H2,1-3H3/b9-6+/t10-,11+,12-,13+/m0/s1. The maximum atomic E-state index is 9.49. The van der Waals surface area contributed by atoms with Crippen molar-refractivity contribution < 1.29 is 14.6 Å². The van der Waals surface area contributed by atoms with Crippen molar-refractivity contribution in [2.45, 2.75) is 45.0 Å². The van der Waals surface area contributed by atoms with Crippen molar-refractivity contribution in [3.63, 3.8) is 0 Å². The Labute approximate surface area is 117 Å². The molecule has 17 heavy (non-hydrogen) atoms. The van der Waals surface area contributed by atoms with E-state index in [2.05, 4.69) is 42.5 Å². The highest BCUT2D eigenvalue weighted by Gasteiger charge is 2.56. The monoisotopic (exact) mass is 352 g/mol. The number of allylic oxidation sites excluding steroid dienone is 2. The van der Waals surface area contributed by atoms with Crippen LogP contribution in [-0.4, -0.2) is 30.7 Å². The average molecular weight is 352 g/mol. The summed E-state index contributed by atoms with van der Waals surface area (Å²) in [5, 5.41) is 9.49. The van der Waals surface area contributed by atoms with Crippen molar-refractivity contribution in [1.82, 2.24) is 0 Å². The third-order valence-corrected chi connectivity index (χ3v) is 4.63. The van der Waals surface area contributed by atoms with Gasteiger partial charge in [-0.15, -0.1) is 0 Å². The smallest absolute Gasteiger partial charge is 0.168 e. The van der Waals surface area contributed by atoms with E-state index in [0.717, 1.165) is 19.3 Å². The Morgan fingerprint density at radius 2 is 2.29 bits per heavy atom. The van der Waals surface area contributed by atoms with Crippen LogP contribution < -0.4 is 0 Å². The summed E-state index contributed by atoms with van der Waals surface area (Å²) in [5.74, 6) is -0.0872. The SMILES string of the molecule is CO[C@@]12CC[C@@](C)(/C=C(\C)I)[C@@H](C1)[C@@H](CO)O2. The molecule has 0 unspecified atom stereocenters. The molecule has 0 radical (unpaired) electrons. The molecule has 0 aromatic heterocycles. The number of hydrogen-bond donors (Lipinski definition) is 1. The fourth-order valence-corrected chi connectivity index (χ4v) is 4.08. The first-order valence-corrected chi connectivity index (χ1v) is 7.21. The number of rotatable bonds is 3. The van der Waals surface area contributed by atoms with Crippen molar-refractivity contribution in [3.8, 4) is 0 Å². The minimum absolute atomic E-state index is 0.0828. The van der Waals surface area contributed by atoms with Crippen LogP contribution >= 0.6 is 22.6 Å². The highest BCUT2D eigenvalue weighted by atomic mass is 127. The molecular weight excluding hydrogens is 331 g/mol. The molecule has 1 aliphatic heterocycles. The predicted molar refractivity (Wildman–Crippen MR) is 74.9 cm³/mol. The minimum atomic E-state index is -0.440. The molecule has 1 aliphatic carbocycles. The summed E-state index contributed by atoms with van der Waals surface area (Å²) in [6.07, 6.45) is 5.10. The Balaban J connectivity index is 2.28. The zero-order valence-corrected chi connectivity index (χ0v) is 12.9. The van der Waals surface area contributed by atoms with Crippen LogP contribution in [0.4, 0.5) is 0 Å². The highest BCUT2D eigenvalue weighted by Crippen LogP contribution is 2.55. The number of ether oxygens (including phenoxy) is 2. The molecule has 3 nitrogen and oxygen atoms in total. The third kappa shape index (κ3) is 2.41. The van der Waals surface area contributed by atoms with Gasteiger partial charge in [-0.1, -0.05) is 13.0 Å². The van der Waals surface area contributed by atoms with Gasteiger partial charge in [0.25, 0.3) is 0 Å². The van der Waals surface area contributed by atoms with Gasteiger partial charge in [0, 0.05) is 25.9 Å². The van der Waals surface area contributed by atoms with Crippen LogP contribution in [0.15, 0.2) is 9.66 Å². The van der Waals surface area contributed by atoms with E-state index >= 15 is 0 Å². The first-order valence-electron chi connectivity index (χ1n) is 6.13. The van der Waals surface area contributed by atoms with Crippen LogP contribution in [0, 0.1) is 11.3 Å². The second-order valence-electron chi connectivity index (χ2n) is 5.50. The van der Waals surface area contributed by atoms with E-state index in [1.165, 1.54) is 3.58 Å². The van der Waals surface area contributed by atoms with Gasteiger partial charge in [-0.3, -0.25) is 0 Å². The lowest BCUT2D eigenvalue weighted by Gasteiger charge is -2.40. The van der Waals surface area contributed by atoms with Gasteiger partial charge in [0.2, 0.25) is 0 Å². The molecule has 1 heterocycles. The Hall–Kier alpha value is 0.350. The Morgan fingerprint density at radius 1 is 1.59 bits per heavy atom. The molecule has 4 atom stereocenters. The fourth-order valence-electron chi connectivity index (χ4n) is 3.37. The quantitative estimate of drug-likeness (QED) is 0.794. The lowest BCUT2D eigenvalue weighted by molar-refractivity contribution is -0.219. The lowest BCUT2D eigenvalue weighted by atomic mass is 9.65. The molecule has 1 N–H and O–H groups in total. The number of fused-ring (bicyclic) bond motifs is 2. The van der Waals surface area contributed by atoms with Crippen molar-refractivity contribution in [2.75, 3.05) is 13.7 Å². The molecule has 2 fully saturated rings. The van der Waals surface area contributed by atoms with Crippen molar-refractivity contribution >= 4 is 22.6 Å². The normalized spacial score (nSPS) is 46.3. The Morgan fingerprint density at radius 3 is 2.82 bits per heavy atom. The molecule has 1 saturated heterocycles. The van der Waals surface area contributed by atoms with E-state index < -0.39 is 5.79 Å². The average Bonchev–Trinajstić information content (AvgIpc) is 2.61. The maximum Gasteiger partial charge on any atom is 0.168 e. The number of aliphatic hydroxyl groups is 1. The molecule has 0 aromatic rings. The lowest BCUT2D eigenvalue weighted by Crippen LogP contribution is -2.39. The zero-order chi connectivity index (χ0) is 12.7. The Bertz CT molecular complexity index is 327.